The number of rotatable bonds is 1. The van der Waals surface area contributed by atoms with Gasteiger partial charge in [0.05, 0.1) is 5.03 Å². The molecule has 0 spiro atoms. The van der Waals surface area contributed by atoms with E-state index in [0.717, 1.165) is 0 Å². The molecule has 1 aromatic heterocycles. The molecule has 3 rings (SSSR count). The van der Waals surface area contributed by atoms with E-state index in [-0.39, 0.29) is 0 Å². The van der Waals surface area contributed by atoms with Crippen LogP contribution in [0.2, 0.25) is 0 Å². The van der Waals surface area contributed by atoms with Gasteiger partial charge in [-0.25, -0.2) is 4.98 Å². The molecule has 0 aliphatic heterocycles. The van der Waals surface area contributed by atoms with Gasteiger partial charge in [0.1, 0.15) is 0 Å². The number of aromatic nitrogens is 1. The molecule has 0 amide bonds. The predicted molar refractivity (Wildman–Crippen MR) is 69.3 cm³/mol. The minimum atomic E-state index is 1.22. The predicted octanol–water partition coefficient (Wildman–Crippen LogP) is 3.56. The summed E-state index contributed by atoms with van der Waals surface area (Å²) in [5, 5.41) is 1.33. The van der Waals surface area contributed by atoms with Crippen LogP contribution in [-0.4, -0.2) is 11.2 Å². The fourth-order valence-corrected chi connectivity index (χ4v) is 3.84. The van der Waals surface area contributed by atoms with E-state index in [9.17, 15) is 0 Å². The highest BCUT2D eigenvalue weighted by atomic mass is 32.2. The first-order chi connectivity index (χ1) is 7.90. The van der Waals surface area contributed by atoms with Crippen LogP contribution >= 0.6 is 11.8 Å². The Morgan fingerprint density at radius 3 is 2.19 bits per heavy atom. The molecule has 2 aliphatic carbocycles. The maximum Gasteiger partial charge on any atom is 0.0995 e. The Balaban J connectivity index is 2.17. The van der Waals surface area contributed by atoms with Crippen LogP contribution in [0.4, 0.5) is 0 Å². The van der Waals surface area contributed by atoms with Crippen LogP contribution < -0.4 is 0 Å². The van der Waals surface area contributed by atoms with Gasteiger partial charge in [-0.1, -0.05) is 0 Å². The maximum absolute atomic E-state index is 4.91. The van der Waals surface area contributed by atoms with Gasteiger partial charge in [-0.15, -0.1) is 11.8 Å². The van der Waals surface area contributed by atoms with Crippen LogP contribution in [0.5, 0.6) is 0 Å². The first-order valence-corrected chi connectivity index (χ1v) is 7.70. The lowest BCUT2D eigenvalue weighted by atomic mass is 9.84. The fourth-order valence-electron chi connectivity index (χ4n) is 3.17. The summed E-state index contributed by atoms with van der Waals surface area (Å²) in [5.41, 5.74) is 6.36. The third-order valence-electron chi connectivity index (χ3n) is 3.96. The standard InChI is InChI=1S/C14H19NS/c1-16-14-12-8-3-2-6-10(12)11-7-4-5-9-13(11)15-14/h2-9H2,1H3. The molecule has 16 heavy (non-hydrogen) atoms. The normalized spacial score (nSPS) is 19.1. The average molecular weight is 233 g/mol. The van der Waals surface area contributed by atoms with Crippen molar-refractivity contribution in [1.29, 1.82) is 0 Å². The second kappa shape index (κ2) is 4.40. The van der Waals surface area contributed by atoms with E-state index in [1.165, 1.54) is 62.1 Å². The van der Waals surface area contributed by atoms with Gasteiger partial charge in [0.15, 0.2) is 0 Å². The Kier molecular flexibility index (Phi) is 2.93. The summed E-state index contributed by atoms with van der Waals surface area (Å²) < 4.78 is 0. The largest absolute Gasteiger partial charge is 0.246 e. The lowest BCUT2D eigenvalue weighted by Crippen LogP contribution is -2.16. The van der Waals surface area contributed by atoms with Gasteiger partial charge in [-0.05, 0) is 74.3 Å². The molecule has 0 bridgehead atoms. The van der Waals surface area contributed by atoms with E-state index in [2.05, 4.69) is 6.26 Å². The maximum atomic E-state index is 4.91. The molecule has 0 atom stereocenters. The molecule has 1 aromatic rings. The number of pyridine rings is 1. The molecule has 0 fully saturated rings. The zero-order chi connectivity index (χ0) is 11.0. The van der Waals surface area contributed by atoms with Crippen LogP contribution in [0.1, 0.15) is 48.1 Å². The molecule has 2 aliphatic rings. The smallest absolute Gasteiger partial charge is 0.0995 e. The number of thioether (sulfide) groups is 1. The monoisotopic (exact) mass is 233 g/mol. The second-order valence-corrected chi connectivity index (χ2v) is 5.71. The van der Waals surface area contributed by atoms with Crippen LogP contribution in [0, 0.1) is 0 Å². The molecular formula is C14H19NS. The highest BCUT2D eigenvalue weighted by Crippen LogP contribution is 2.35. The molecule has 0 radical (unpaired) electrons. The van der Waals surface area contributed by atoms with E-state index in [1.54, 1.807) is 16.7 Å². The Morgan fingerprint density at radius 2 is 1.44 bits per heavy atom. The average Bonchev–Trinajstić information content (AvgIpc) is 2.38. The van der Waals surface area contributed by atoms with Gasteiger partial charge < -0.3 is 0 Å². The highest BCUT2D eigenvalue weighted by molar-refractivity contribution is 7.98. The molecule has 0 aromatic carbocycles. The highest BCUT2D eigenvalue weighted by Gasteiger charge is 2.22. The lowest BCUT2D eigenvalue weighted by Gasteiger charge is -2.26. The van der Waals surface area contributed by atoms with Crippen molar-refractivity contribution < 1.29 is 0 Å². The minimum Gasteiger partial charge on any atom is -0.246 e. The van der Waals surface area contributed by atoms with Crippen molar-refractivity contribution in [1.82, 2.24) is 4.98 Å². The second-order valence-electron chi connectivity index (χ2n) is 4.92. The summed E-state index contributed by atoms with van der Waals surface area (Å²) in [6.07, 6.45) is 12.7. The lowest BCUT2D eigenvalue weighted by molar-refractivity contribution is 0.610. The van der Waals surface area contributed by atoms with Gasteiger partial charge in [-0.2, -0.15) is 0 Å². The molecule has 1 nitrogen and oxygen atoms in total. The molecule has 86 valence electrons. The van der Waals surface area contributed by atoms with Gasteiger partial charge in [0, 0.05) is 5.69 Å². The topological polar surface area (TPSA) is 12.9 Å². The van der Waals surface area contributed by atoms with Crippen LogP contribution in [0.25, 0.3) is 0 Å². The third kappa shape index (κ3) is 1.67. The summed E-state index contributed by atoms with van der Waals surface area (Å²) >= 11 is 1.85. The molecule has 0 unspecified atom stereocenters. The van der Waals surface area contributed by atoms with Gasteiger partial charge in [0.2, 0.25) is 0 Å². The summed E-state index contributed by atoms with van der Waals surface area (Å²) in [4.78, 5) is 4.91. The van der Waals surface area contributed by atoms with Crippen LogP contribution in [0.15, 0.2) is 5.03 Å². The zero-order valence-electron chi connectivity index (χ0n) is 10.0. The molecule has 0 N–H and O–H groups in total. The summed E-state index contributed by atoms with van der Waals surface area (Å²) in [6, 6.07) is 0. The van der Waals surface area contributed by atoms with Crippen LogP contribution in [-0.2, 0) is 25.7 Å². The summed E-state index contributed by atoms with van der Waals surface area (Å²) in [6.45, 7) is 0. The fraction of sp³-hybridized carbons (Fsp3) is 0.643. The number of nitrogens with zero attached hydrogens (tertiary/aromatic N) is 1. The van der Waals surface area contributed by atoms with Gasteiger partial charge in [0.25, 0.3) is 0 Å². The summed E-state index contributed by atoms with van der Waals surface area (Å²) in [7, 11) is 0. The number of hydrogen-bond acceptors (Lipinski definition) is 2. The summed E-state index contributed by atoms with van der Waals surface area (Å²) in [5.74, 6) is 0. The third-order valence-corrected chi connectivity index (χ3v) is 4.68. The Labute approximate surface area is 102 Å². The Morgan fingerprint density at radius 1 is 0.812 bits per heavy atom. The van der Waals surface area contributed by atoms with Crippen LogP contribution in [0.3, 0.4) is 0 Å². The van der Waals surface area contributed by atoms with Crippen molar-refractivity contribution in [3.63, 3.8) is 0 Å². The molecule has 0 saturated heterocycles. The Bertz CT molecular complexity index is 389. The Hall–Kier alpha value is -0.500. The van der Waals surface area contributed by atoms with E-state index >= 15 is 0 Å². The van der Waals surface area contributed by atoms with Gasteiger partial charge >= 0.3 is 0 Å². The quantitative estimate of drug-likeness (QED) is 0.688. The number of hydrogen-bond donors (Lipinski definition) is 0. The SMILES string of the molecule is CSc1nc2c(c3c1CCCC3)CCCC2. The van der Waals surface area contributed by atoms with E-state index < -0.39 is 0 Å². The molecular weight excluding hydrogens is 214 g/mol. The van der Waals surface area contributed by atoms with Crippen molar-refractivity contribution in [2.24, 2.45) is 0 Å². The molecule has 1 heterocycles. The van der Waals surface area contributed by atoms with Crippen molar-refractivity contribution in [3.05, 3.63) is 22.4 Å². The molecule has 2 heteroatoms. The number of fused-ring (bicyclic) bond motifs is 3. The van der Waals surface area contributed by atoms with Crippen molar-refractivity contribution in [3.8, 4) is 0 Å². The van der Waals surface area contributed by atoms with E-state index in [0.29, 0.717) is 0 Å². The van der Waals surface area contributed by atoms with Crippen molar-refractivity contribution >= 4 is 11.8 Å². The van der Waals surface area contributed by atoms with Crippen molar-refractivity contribution in [2.45, 2.75) is 56.4 Å². The first-order valence-electron chi connectivity index (χ1n) is 6.47. The van der Waals surface area contributed by atoms with Crippen molar-refractivity contribution in [2.75, 3.05) is 6.26 Å². The minimum absolute atomic E-state index is 1.22. The first kappa shape index (κ1) is 10.6. The van der Waals surface area contributed by atoms with E-state index in [4.69, 9.17) is 4.98 Å². The van der Waals surface area contributed by atoms with Gasteiger partial charge in [-0.3, -0.25) is 0 Å². The number of aryl methyl sites for hydroxylation is 1. The van der Waals surface area contributed by atoms with E-state index in [1.807, 2.05) is 11.8 Å². The zero-order valence-corrected chi connectivity index (χ0v) is 10.8. The molecule has 0 saturated carbocycles.